The van der Waals surface area contributed by atoms with Gasteiger partial charge in [0.1, 0.15) is 0 Å². The summed E-state index contributed by atoms with van der Waals surface area (Å²) < 4.78 is 5.90. The maximum atomic E-state index is 5.90. The van der Waals surface area contributed by atoms with Gasteiger partial charge in [-0.3, -0.25) is 0 Å². The van der Waals surface area contributed by atoms with Crippen molar-refractivity contribution >= 4 is 0 Å². The second kappa shape index (κ2) is 10.5. The lowest BCUT2D eigenvalue weighted by molar-refractivity contribution is -0.00298. The quantitative estimate of drug-likeness (QED) is 0.468. The van der Waals surface area contributed by atoms with Crippen molar-refractivity contribution in [2.75, 3.05) is 0 Å². The molecule has 1 atom stereocenters. The van der Waals surface area contributed by atoms with Gasteiger partial charge in [-0.25, -0.2) is 0 Å². The van der Waals surface area contributed by atoms with E-state index in [1.165, 1.54) is 51.4 Å². The van der Waals surface area contributed by atoms with Crippen LogP contribution in [0.2, 0.25) is 0 Å². The van der Waals surface area contributed by atoms with E-state index in [9.17, 15) is 0 Å². The Balaban J connectivity index is 3.47. The van der Waals surface area contributed by atoms with E-state index in [0.29, 0.717) is 12.2 Å². The van der Waals surface area contributed by atoms with E-state index in [2.05, 4.69) is 27.7 Å². The van der Waals surface area contributed by atoms with E-state index >= 15 is 0 Å². The summed E-state index contributed by atoms with van der Waals surface area (Å²) in [6.07, 6.45) is 11.5. The molecule has 0 aromatic heterocycles. The summed E-state index contributed by atoms with van der Waals surface area (Å²) in [5.41, 5.74) is 0. The second-order valence-electron chi connectivity index (χ2n) is 4.80. The molecule has 0 aliphatic rings. The Bertz CT molecular complexity index is 121. The zero-order valence-electron chi connectivity index (χ0n) is 11.2. The zero-order chi connectivity index (χ0) is 11.5. The molecule has 1 nitrogen and oxygen atoms in total. The minimum absolute atomic E-state index is 0.386. The van der Waals surface area contributed by atoms with Gasteiger partial charge in [-0.2, -0.15) is 0 Å². The van der Waals surface area contributed by atoms with Crippen LogP contribution in [0.25, 0.3) is 0 Å². The molecule has 0 heterocycles. The molecule has 0 bridgehead atoms. The summed E-state index contributed by atoms with van der Waals surface area (Å²) in [4.78, 5) is 0. The number of unbranched alkanes of at least 4 members (excludes halogenated alkanes) is 4. The van der Waals surface area contributed by atoms with Crippen molar-refractivity contribution in [2.45, 2.75) is 91.3 Å². The molecule has 0 fully saturated rings. The van der Waals surface area contributed by atoms with Crippen LogP contribution in [0.15, 0.2) is 0 Å². The standard InChI is InChI=1S/C14H30O/c1-5-7-8-9-10-12-14(11-6-2)15-13(3)4/h13-14H,5-12H2,1-4H3. The van der Waals surface area contributed by atoms with Crippen molar-refractivity contribution in [3.8, 4) is 0 Å². The van der Waals surface area contributed by atoms with Gasteiger partial charge in [0.25, 0.3) is 0 Å². The number of hydrogen-bond acceptors (Lipinski definition) is 1. The van der Waals surface area contributed by atoms with Crippen LogP contribution in [0.1, 0.15) is 79.1 Å². The average Bonchev–Trinajstić information content (AvgIpc) is 2.17. The lowest BCUT2D eigenvalue weighted by Gasteiger charge is -2.19. The van der Waals surface area contributed by atoms with Crippen LogP contribution in [0.5, 0.6) is 0 Å². The third-order valence-corrected chi connectivity index (χ3v) is 2.70. The minimum Gasteiger partial charge on any atom is -0.376 e. The maximum absolute atomic E-state index is 5.90. The smallest absolute Gasteiger partial charge is 0.0578 e. The fraction of sp³-hybridized carbons (Fsp3) is 1.00. The lowest BCUT2D eigenvalue weighted by atomic mass is 10.0. The van der Waals surface area contributed by atoms with Crippen LogP contribution in [-0.4, -0.2) is 12.2 Å². The molecule has 0 amide bonds. The maximum Gasteiger partial charge on any atom is 0.0578 e. The van der Waals surface area contributed by atoms with Gasteiger partial charge in [0.05, 0.1) is 12.2 Å². The molecule has 0 aromatic rings. The lowest BCUT2D eigenvalue weighted by Crippen LogP contribution is -2.17. The van der Waals surface area contributed by atoms with Gasteiger partial charge in [-0.1, -0.05) is 52.4 Å². The number of hydrogen-bond donors (Lipinski definition) is 0. The van der Waals surface area contributed by atoms with E-state index in [4.69, 9.17) is 4.74 Å². The highest BCUT2D eigenvalue weighted by molar-refractivity contribution is 4.59. The normalized spacial score (nSPS) is 13.4. The Kier molecular flexibility index (Phi) is 10.4. The minimum atomic E-state index is 0.386. The second-order valence-corrected chi connectivity index (χ2v) is 4.80. The highest BCUT2D eigenvalue weighted by Gasteiger charge is 2.09. The Morgan fingerprint density at radius 3 is 2.00 bits per heavy atom. The fourth-order valence-electron chi connectivity index (χ4n) is 1.96. The van der Waals surface area contributed by atoms with Crippen molar-refractivity contribution in [3.05, 3.63) is 0 Å². The predicted octanol–water partition coefficient (Wildman–Crippen LogP) is 4.94. The Labute approximate surface area is 96.6 Å². The highest BCUT2D eigenvalue weighted by atomic mass is 16.5. The predicted molar refractivity (Wildman–Crippen MR) is 68.3 cm³/mol. The number of ether oxygens (including phenoxy) is 1. The van der Waals surface area contributed by atoms with E-state index in [-0.39, 0.29) is 0 Å². The third-order valence-electron chi connectivity index (χ3n) is 2.70. The molecule has 15 heavy (non-hydrogen) atoms. The third kappa shape index (κ3) is 10.2. The molecular weight excluding hydrogens is 184 g/mol. The summed E-state index contributed by atoms with van der Waals surface area (Å²) in [5, 5.41) is 0. The first-order chi connectivity index (χ1) is 7.20. The van der Waals surface area contributed by atoms with Crippen molar-refractivity contribution in [2.24, 2.45) is 0 Å². The van der Waals surface area contributed by atoms with Gasteiger partial charge >= 0.3 is 0 Å². The Hall–Kier alpha value is -0.0400. The summed E-state index contributed by atoms with van der Waals surface area (Å²) in [6, 6.07) is 0. The first-order valence-electron chi connectivity index (χ1n) is 6.86. The Morgan fingerprint density at radius 2 is 1.47 bits per heavy atom. The highest BCUT2D eigenvalue weighted by Crippen LogP contribution is 2.14. The van der Waals surface area contributed by atoms with Crippen LogP contribution >= 0.6 is 0 Å². The van der Waals surface area contributed by atoms with Crippen molar-refractivity contribution in [1.82, 2.24) is 0 Å². The molecule has 92 valence electrons. The van der Waals surface area contributed by atoms with E-state index in [1.807, 2.05) is 0 Å². The molecule has 0 saturated heterocycles. The number of rotatable bonds is 10. The van der Waals surface area contributed by atoms with Crippen LogP contribution in [0.4, 0.5) is 0 Å². The van der Waals surface area contributed by atoms with Crippen LogP contribution in [0.3, 0.4) is 0 Å². The van der Waals surface area contributed by atoms with Gasteiger partial charge in [0.15, 0.2) is 0 Å². The Morgan fingerprint density at radius 1 is 0.800 bits per heavy atom. The summed E-state index contributed by atoms with van der Waals surface area (Å²) in [7, 11) is 0. The molecule has 1 unspecified atom stereocenters. The zero-order valence-corrected chi connectivity index (χ0v) is 11.2. The topological polar surface area (TPSA) is 9.23 Å². The van der Waals surface area contributed by atoms with Crippen LogP contribution in [0, 0.1) is 0 Å². The van der Waals surface area contributed by atoms with Crippen molar-refractivity contribution in [3.63, 3.8) is 0 Å². The molecule has 0 aromatic carbocycles. The molecule has 0 saturated carbocycles. The van der Waals surface area contributed by atoms with Gasteiger partial charge in [-0.15, -0.1) is 0 Å². The molecule has 0 radical (unpaired) electrons. The first-order valence-corrected chi connectivity index (χ1v) is 6.86. The molecule has 1 heteroatoms. The van der Waals surface area contributed by atoms with E-state index in [0.717, 1.165) is 0 Å². The summed E-state index contributed by atoms with van der Waals surface area (Å²) >= 11 is 0. The molecule has 0 N–H and O–H groups in total. The van der Waals surface area contributed by atoms with Gasteiger partial charge in [-0.05, 0) is 26.7 Å². The van der Waals surface area contributed by atoms with Gasteiger partial charge < -0.3 is 4.74 Å². The molecular formula is C14H30O. The van der Waals surface area contributed by atoms with E-state index < -0.39 is 0 Å². The largest absolute Gasteiger partial charge is 0.376 e. The molecule has 0 aliphatic heterocycles. The van der Waals surface area contributed by atoms with Crippen molar-refractivity contribution < 1.29 is 4.74 Å². The monoisotopic (exact) mass is 214 g/mol. The average molecular weight is 214 g/mol. The molecule has 0 rings (SSSR count). The molecule has 0 aliphatic carbocycles. The fourth-order valence-corrected chi connectivity index (χ4v) is 1.96. The summed E-state index contributed by atoms with van der Waals surface area (Å²) in [6.45, 7) is 8.79. The van der Waals surface area contributed by atoms with Crippen molar-refractivity contribution in [1.29, 1.82) is 0 Å². The van der Waals surface area contributed by atoms with Crippen LogP contribution < -0.4 is 0 Å². The van der Waals surface area contributed by atoms with Crippen LogP contribution in [-0.2, 0) is 4.74 Å². The summed E-state index contributed by atoms with van der Waals surface area (Å²) in [5.74, 6) is 0. The van der Waals surface area contributed by atoms with E-state index in [1.54, 1.807) is 0 Å². The molecule has 0 spiro atoms. The SMILES string of the molecule is CCCCCCCC(CCC)OC(C)C. The first kappa shape index (κ1) is 15.0. The van der Waals surface area contributed by atoms with Gasteiger partial charge in [0, 0.05) is 0 Å². The van der Waals surface area contributed by atoms with Gasteiger partial charge in [0.2, 0.25) is 0 Å².